The van der Waals surface area contributed by atoms with Crippen LogP contribution < -0.4 is 14.8 Å². The lowest BCUT2D eigenvalue weighted by atomic mass is 10.1. The number of ether oxygens (including phenoxy) is 4. The van der Waals surface area contributed by atoms with Gasteiger partial charge in [-0.3, -0.25) is 4.79 Å². The van der Waals surface area contributed by atoms with Crippen LogP contribution in [0.4, 0.5) is 5.00 Å². The van der Waals surface area contributed by atoms with Crippen molar-refractivity contribution in [3.63, 3.8) is 0 Å². The normalized spacial score (nSPS) is 10.6. The molecule has 2 aromatic rings. The Bertz CT molecular complexity index is 994. The first kappa shape index (κ1) is 23.9. The summed E-state index contributed by atoms with van der Waals surface area (Å²) in [6.07, 6.45) is 2.91. The molecule has 8 nitrogen and oxygen atoms in total. The molecular formula is C22H25NO7S. The standard InChI is InChI=1S/C22H25NO7S/c1-6-29-21(25)18-13(3)19(22(26)30-7-2)31-20(18)23-17(24)11-9-14-8-10-15(27-4)16(12-14)28-5/h8-12H,6-7H2,1-5H3,(H,23,24). The van der Waals surface area contributed by atoms with E-state index in [0.29, 0.717) is 22.6 Å². The predicted octanol–water partition coefficient (Wildman–Crippen LogP) is 4.08. The smallest absolute Gasteiger partial charge is 0.348 e. The quantitative estimate of drug-likeness (QED) is 0.457. The molecular weight excluding hydrogens is 422 g/mol. The summed E-state index contributed by atoms with van der Waals surface area (Å²) in [6, 6.07) is 5.22. The zero-order valence-corrected chi connectivity index (χ0v) is 18.9. The molecule has 0 aliphatic rings. The van der Waals surface area contributed by atoms with Crippen molar-refractivity contribution in [3.8, 4) is 11.5 Å². The largest absolute Gasteiger partial charge is 0.493 e. The van der Waals surface area contributed by atoms with E-state index < -0.39 is 17.8 Å². The van der Waals surface area contributed by atoms with E-state index in [-0.39, 0.29) is 28.7 Å². The van der Waals surface area contributed by atoms with Gasteiger partial charge in [-0.2, -0.15) is 0 Å². The van der Waals surface area contributed by atoms with Gasteiger partial charge >= 0.3 is 11.9 Å². The molecule has 0 saturated heterocycles. The zero-order valence-electron chi connectivity index (χ0n) is 18.1. The lowest BCUT2D eigenvalue weighted by molar-refractivity contribution is -0.111. The van der Waals surface area contributed by atoms with Gasteiger partial charge < -0.3 is 24.3 Å². The van der Waals surface area contributed by atoms with Gasteiger partial charge in [-0.25, -0.2) is 9.59 Å². The molecule has 1 aromatic carbocycles. The summed E-state index contributed by atoms with van der Waals surface area (Å²) in [5, 5.41) is 2.88. The van der Waals surface area contributed by atoms with Gasteiger partial charge in [-0.05, 0) is 50.1 Å². The zero-order chi connectivity index (χ0) is 23.0. The van der Waals surface area contributed by atoms with Crippen LogP contribution in [-0.2, 0) is 14.3 Å². The number of anilines is 1. The minimum Gasteiger partial charge on any atom is -0.493 e. The second kappa shape index (κ2) is 11.2. The average Bonchev–Trinajstić information content (AvgIpc) is 3.08. The molecule has 0 spiro atoms. The molecule has 2 rings (SSSR count). The van der Waals surface area contributed by atoms with Crippen molar-refractivity contribution in [1.82, 2.24) is 0 Å². The fraction of sp³-hybridized carbons (Fsp3) is 0.318. The van der Waals surface area contributed by atoms with Gasteiger partial charge in [0.25, 0.3) is 0 Å². The number of thiophene rings is 1. The number of benzene rings is 1. The maximum atomic E-state index is 12.5. The van der Waals surface area contributed by atoms with Crippen molar-refractivity contribution in [2.45, 2.75) is 20.8 Å². The molecule has 1 aromatic heterocycles. The third kappa shape index (κ3) is 5.85. The number of nitrogens with one attached hydrogen (secondary N) is 1. The molecule has 9 heteroatoms. The van der Waals surface area contributed by atoms with Gasteiger partial charge in [0.1, 0.15) is 9.88 Å². The fourth-order valence-electron chi connectivity index (χ4n) is 2.72. The average molecular weight is 448 g/mol. The number of carbonyl (C=O) groups excluding carboxylic acids is 3. The Kier molecular flexibility index (Phi) is 8.63. The number of carbonyl (C=O) groups is 3. The molecule has 1 N–H and O–H groups in total. The lowest BCUT2D eigenvalue weighted by Gasteiger charge is -2.07. The van der Waals surface area contributed by atoms with Crippen LogP contribution >= 0.6 is 11.3 Å². The SMILES string of the molecule is CCOC(=O)c1sc(NC(=O)C=Cc2ccc(OC)c(OC)c2)c(C(=O)OCC)c1C. The van der Waals surface area contributed by atoms with Gasteiger partial charge in [0, 0.05) is 6.08 Å². The molecule has 0 saturated carbocycles. The van der Waals surface area contributed by atoms with Crippen LogP contribution in [0, 0.1) is 6.92 Å². The van der Waals surface area contributed by atoms with Crippen LogP contribution in [0.5, 0.6) is 11.5 Å². The van der Waals surface area contributed by atoms with Crippen LogP contribution in [0.3, 0.4) is 0 Å². The highest BCUT2D eigenvalue weighted by Gasteiger charge is 2.27. The van der Waals surface area contributed by atoms with E-state index >= 15 is 0 Å². The minimum atomic E-state index is -0.619. The van der Waals surface area contributed by atoms with Crippen molar-refractivity contribution in [2.75, 3.05) is 32.8 Å². The first-order valence-corrected chi connectivity index (χ1v) is 10.4. The van der Waals surface area contributed by atoms with E-state index in [1.165, 1.54) is 20.3 Å². The topological polar surface area (TPSA) is 100 Å². The van der Waals surface area contributed by atoms with Gasteiger partial charge in [0.15, 0.2) is 11.5 Å². The van der Waals surface area contributed by atoms with Crippen LogP contribution in [0.15, 0.2) is 24.3 Å². The Hall–Kier alpha value is -3.33. The van der Waals surface area contributed by atoms with E-state index in [0.717, 1.165) is 11.3 Å². The molecule has 0 aliphatic heterocycles. The molecule has 0 aliphatic carbocycles. The second-order valence-electron chi connectivity index (χ2n) is 6.14. The first-order valence-electron chi connectivity index (χ1n) is 9.54. The van der Waals surface area contributed by atoms with Crippen LogP contribution in [0.2, 0.25) is 0 Å². The molecule has 0 fully saturated rings. The Balaban J connectivity index is 2.28. The van der Waals surface area contributed by atoms with Gasteiger partial charge in [0.2, 0.25) is 5.91 Å². The minimum absolute atomic E-state index is 0.141. The molecule has 31 heavy (non-hydrogen) atoms. The Morgan fingerprint density at radius 1 is 1.00 bits per heavy atom. The highest BCUT2D eigenvalue weighted by atomic mass is 32.1. The lowest BCUT2D eigenvalue weighted by Crippen LogP contribution is -2.13. The summed E-state index contributed by atoms with van der Waals surface area (Å²) in [5.41, 5.74) is 1.26. The number of esters is 2. The Morgan fingerprint density at radius 2 is 1.65 bits per heavy atom. The van der Waals surface area contributed by atoms with Crippen molar-refractivity contribution in [3.05, 3.63) is 45.8 Å². The van der Waals surface area contributed by atoms with Gasteiger partial charge in [-0.15, -0.1) is 11.3 Å². The summed E-state index contributed by atoms with van der Waals surface area (Å²) in [4.78, 5) is 37.4. The highest BCUT2D eigenvalue weighted by Crippen LogP contribution is 2.34. The van der Waals surface area contributed by atoms with Crippen LogP contribution in [0.1, 0.15) is 45.0 Å². The predicted molar refractivity (Wildman–Crippen MR) is 118 cm³/mol. The van der Waals surface area contributed by atoms with Crippen LogP contribution in [-0.4, -0.2) is 45.3 Å². The maximum Gasteiger partial charge on any atom is 0.348 e. The molecule has 0 unspecified atom stereocenters. The fourth-order valence-corrected chi connectivity index (χ4v) is 3.82. The summed E-state index contributed by atoms with van der Waals surface area (Å²) < 4.78 is 20.6. The van der Waals surface area contributed by atoms with E-state index in [1.54, 1.807) is 45.0 Å². The van der Waals surface area contributed by atoms with E-state index in [2.05, 4.69) is 5.32 Å². The number of rotatable bonds is 9. The summed E-state index contributed by atoms with van der Waals surface area (Å²) in [7, 11) is 3.06. The molecule has 0 atom stereocenters. The van der Waals surface area contributed by atoms with Crippen molar-refractivity contribution in [1.29, 1.82) is 0 Å². The van der Waals surface area contributed by atoms with Gasteiger partial charge in [-0.1, -0.05) is 6.07 Å². The molecule has 166 valence electrons. The van der Waals surface area contributed by atoms with Gasteiger partial charge in [0.05, 0.1) is 33.0 Å². The molecule has 1 heterocycles. The summed E-state index contributed by atoms with van der Waals surface area (Å²) in [5.74, 6) is -0.550. The van der Waals surface area contributed by atoms with E-state index in [9.17, 15) is 14.4 Å². The summed E-state index contributed by atoms with van der Waals surface area (Å²) >= 11 is 0.972. The molecule has 1 amide bonds. The molecule has 0 bridgehead atoms. The van der Waals surface area contributed by atoms with Crippen molar-refractivity contribution < 1.29 is 33.3 Å². The third-order valence-corrected chi connectivity index (χ3v) is 5.35. The van der Waals surface area contributed by atoms with Crippen molar-refractivity contribution in [2.24, 2.45) is 0 Å². The maximum absolute atomic E-state index is 12.5. The van der Waals surface area contributed by atoms with E-state index in [1.807, 2.05) is 0 Å². The highest BCUT2D eigenvalue weighted by molar-refractivity contribution is 7.18. The number of hydrogen-bond acceptors (Lipinski definition) is 8. The van der Waals surface area contributed by atoms with E-state index in [4.69, 9.17) is 18.9 Å². The third-order valence-electron chi connectivity index (χ3n) is 4.16. The van der Waals surface area contributed by atoms with Crippen LogP contribution in [0.25, 0.3) is 6.08 Å². The number of amides is 1. The Labute approximate surface area is 184 Å². The Morgan fingerprint density at radius 3 is 2.26 bits per heavy atom. The first-order chi connectivity index (χ1) is 14.9. The van der Waals surface area contributed by atoms with Crippen molar-refractivity contribution >= 4 is 40.3 Å². The number of hydrogen-bond donors (Lipinski definition) is 1. The second-order valence-corrected chi connectivity index (χ2v) is 7.16. The number of methoxy groups -OCH3 is 2. The monoisotopic (exact) mass is 447 g/mol. The summed E-state index contributed by atoms with van der Waals surface area (Å²) in [6.45, 7) is 5.34. The molecule has 0 radical (unpaired) electrons.